The van der Waals surface area contributed by atoms with Crippen LogP contribution in [-0.2, 0) is 0 Å². The van der Waals surface area contributed by atoms with E-state index in [1.165, 1.54) is 0 Å². The molecule has 0 aliphatic heterocycles. The minimum absolute atomic E-state index is 0.125. The molecule has 0 amide bonds. The van der Waals surface area contributed by atoms with Gasteiger partial charge in [0.1, 0.15) is 5.82 Å². The summed E-state index contributed by atoms with van der Waals surface area (Å²) < 4.78 is 0. The summed E-state index contributed by atoms with van der Waals surface area (Å²) in [5.41, 5.74) is 5.39. The first-order valence-corrected chi connectivity index (χ1v) is 4.85. The number of nitrogen functional groups attached to an aromatic ring is 1. The highest BCUT2D eigenvalue weighted by Crippen LogP contribution is 2.17. The van der Waals surface area contributed by atoms with Crippen molar-refractivity contribution in [3.8, 4) is 0 Å². The summed E-state index contributed by atoms with van der Waals surface area (Å²) in [5, 5.41) is 9.15. The third-order valence-electron chi connectivity index (χ3n) is 2.10. The predicted octanol–water partition coefficient (Wildman–Crippen LogP) is 0.514. The van der Waals surface area contributed by atoms with Gasteiger partial charge in [0.05, 0.1) is 0 Å². The monoisotopic (exact) mass is 210 g/mol. The van der Waals surface area contributed by atoms with E-state index in [0.717, 1.165) is 0 Å². The Morgan fingerprint density at radius 3 is 2.73 bits per heavy atom. The second-order valence-electron chi connectivity index (χ2n) is 4.46. The normalized spacial score (nSPS) is 11.5. The van der Waals surface area contributed by atoms with Gasteiger partial charge in [-0.05, 0) is 6.07 Å². The number of aromatic nitrogens is 2. The second-order valence-corrected chi connectivity index (χ2v) is 4.46. The number of hydrogen-bond acceptors (Lipinski definition) is 5. The minimum Gasteiger partial charge on any atom is -0.396 e. The van der Waals surface area contributed by atoms with Crippen molar-refractivity contribution in [1.82, 2.24) is 9.97 Å². The molecule has 0 spiro atoms. The molecule has 1 heterocycles. The zero-order valence-corrected chi connectivity index (χ0v) is 9.44. The van der Waals surface area contributed by atoms with Gasteiger partial charge in [-0.25, -0.2) is 4.98 Å². The van der Waals surface area contributed by atoms with Crippen LogP contribution < -0.4 is 10.6 Å². The van der Waals surface area contributed by atoms with E-state index in [9.17, 15) is 0 Å². The predicted molar refractivity (Wildman–Crippen MR) is 60.6 cm³/mol. The van der Waals surface area contributed by atoms with Gasteiger partial charge in [0, 0.05) is 31.8 Å². The van der Waals surface area contributed by atoms with Gasteiger partial charge in [0.2, 0.25) is 5.95 Å². The smallest absolute Gasteiger partial charge is 0.227 e. The highest BCUT2D eigenvalue weighted by atomic mass is 16.3. The molecule has 5 heteroatoms. The van der Waals surface area contributed by atoms with Gasteiger partial charge < -0.3 is 15.7 Å². The van der Waals surface area contributed by atoms with Gasteiger partial charge in [-0.2, -0.15) is 4.98 Å². The number of nitrogens with zero attached hydrogens (tertiary/aromatic N) is 3. The molecule has 0 fully saturated rings. The summed E-state index contributed by atoms with van der Waals surface area (Å²) in [5.74, 6) is 1.03. The first kappa shape index (κ1) is 11.7. The summed E-state index contributed by atoms with van der Waals surface area (Å²) in [4.78, 5) is 10.1. The SMILES string of the molecule is CN(CC(C)(C)CO)c1nccc(N)n1. The highest BCUT2D eigenvalue weighted by Gasteiger charge is 2.20. The van der Waals surface area contributed by atoms with Crippen LogP contribution in [0.1, 0.15) is 13.8 Å². The van der Waals surface area contributed by atoms with Crippen LogP contribution in [0.2, 0.25) is 0 Å². The molecule has 5 nitrogen and oxygen atoms in total. The summed E-state index contributed by atoms with van der Waals surface area (Å²) in [6.45, 7) is 4.76. The lowest BCUT2D eigenvalue weighted by Gasteiger charge is -2.28. The molecule has 0 aliphatic rings. The molecule has 0 aliphatic carbocycles. The summed E-state index contributed by atoms with van der Waals surface area (Å²) >= 11 is 0. The van der Waals surface area contributed by atoms with E-state index in [2.05, 4.69) is 9.97 Å². The average Bonchev–Trinajstić information content (AvgIpc) is 2.17. The maximum absolute atomic E-state index is 9.15. The lowest BCUT2D eigenvalue weighted by Crippen LogP contribution is -2.34. The minimum atomic E-state index is -0.178. The first-order chi connectivity index (χ1) is 6.94. The molecule has 0 unspecified atom stereocenters. The summed E-state index contributed by atoms with van der Waals surface area (Å²) in [7, 11) is 1.88. The molecule has 0 radical (unpaired) electrons. The molecule has 0 aromatic carbocycles. The van der Waals surface area contributed by atoms with Gasteiger partial charge >= 0.3 is 0 Å². The molecule has 3 N–H and O–H groups in total. The second kappa shape index (κ2) is 4.44. The zero-order valence-electron chi connectivity index (χ0n) is 9.44. The Morgan fingerprint density at radius 1 is 1.53 bits per heavy atom. The molecule has 15 heavy (non-hydrogen) atoms. The van der Waals surface area contributed by atoms with Crippen molar-refractivity contribution in [1.29, 1.82) is 0 Å². The zero-order chi connectivity index (χ0) is 11.5. The third-order valence-corrected chi connectivity index (χ3v) is 2.10. The van der Waals surface area contributed by atoms with Crippen LogP contribution in [0, 0.1) is 5.41 Å². The maximum atomic E-state index is 9.15. The average molecular weight is 210 g/mol. The third kappa shape index (κ3) is 3.36. The fourth-order valence-electron chi connectivity index (χ4n) is 1.31. The van der Waals surface area contributed by atoms with Gasteiger partial charge in [-0.1, -0.05) is 13.8 Å². The Kier molecular flexibility index (Phi) is 3.47. The molecule has 1 rings (SSSR count). The highest BCUT2D eigenvalue weighted by molar-refractivity contribution is 5.37. The van der Waals surface area contributed by atoms with Crippen LogP contribution >= 0.6 is 0 Å². The van der Waals surface area contributed by atoms with Gasteiger partial charge in [0.15, 0.2) is 0 Å². The lowest BCUT2D eigenvalue weighted by molar-refractivity contribution is 0.165. The van der Waals surface area contributed by atoms with E-state index in [1.807, 2.05) is 25.8 Å². The Labute approximate surface area is 90.0 Å². The van der Waals surface area contributed by atoms with E-state index in [0.29, 0.717) is 18.3 Å². The number of anilines is 2. The van der Waals surface area contributed by atoms with Gasteiger partial charge in [-0.15, -0.1) is 0 Å². The summed E-state index contributed by atoms with van der Waals surface area (Å²) in [6, 6.07) is 1.65. The molecule has 0 bridgehead atoms. The maximum Gasteiger partial charge on any atom is 0.227 e. The number of aliphatic hydroxyl groups is 1. The standard InChI is InChI=1S/C10H18N4O/c1-10(2,7-15)6-14(3)9-12-5-4-8(11)13-9/h4-5,15H,6-7H2,1-3H3,(H2,11,12,13). The van der Waals surface area contributed by atoms with E-state index in [-0.39, 0.29) is 12.0 Å². The quantitative estimate of drug-likeness (QED) is 0.757. The van der Waals surface area contributed by atoms with Crippen molar-refractivity contribution in [3.63, 3.8) is 0 Å². The van der Waals surface area contributed by atoms with Crippen LogP contribution in [0.3, 0.4) is 0 Å². The number of hydrogen-bond donors (Lipinski definition) is 2. The van der Waals surface area contributed by atoms with E-state index < -0.39 is 0 Å². The van der Waals surface area contributed by atoms with Crippen molar-refractivity contribution in [2.45, 2.75) is 13.8 Å². The van der Waals surface area contributed by atoms with Crippen molar-refractivity contribution in [3.05, 3.63) is 12.3 Å². The molecular formula is C10H18N4O. The molecule has 0 saturated carbocycles. The fourth-order valence-corrected chi connectivity index (χ4v) is 1.31. The van der Waals surface area contributed by atoms with Crippen molar-refractivity contribution < 1.29 is 5.11 Å². The van der Waals surface area contributed by atoms with Crippen molar-refractivity contribution in [2.24, 2.45) is 5.41 Å². The molecular weight excluding hydrogens is 192 g/mol. The van der Waals surface area contributed by atoms with Crippen molar-refractivity contribution >= 4 is 11.8 Å². The summed E-state index contributed by atoms with van der Waals surface area (Å²) in [6.07, 6.45) is 1.63. The fraction of sp³-hybridized carbons (Fsp3) is 0.600. The Bertz CT molecular complexity index is 327. The van der Waals surface area contributed by atoms with Crippen LogP contribution in [0.5, 0.6) is 0 Å². The topological polar surface area (TPSA) is 75.3 Å². The van der Waals surface area contributed by atoms with Crippen LogP contribution in [0.4, 0.5) is 11.8 Å². The Hall–Kier alpha value is -1.36. The van der Waals surface area contributed by atoms with Crippen LogP contribution in [-0.4, -0.2) is 35.3 Å². The van der Waals surface area contributed by atoms with E-state index in [4.69, 9.17) is 10.8 Å². The Morgan fingerprint density at radius 2 is 2.20 bits per heavy atom. The van der Waals surface area contributed by atoms with Crippen LogP contribution in [0.15, 0.2) is 12.3 Å². The largest absolute Gasteiger partial charge is 0.396 e. The number of nitrogens with two attached hydrogens (primary N) is 1. The molecule has 1 aromatic heterocycles. The van der Waals surface area contributed by atoms with Gasteiger partial charge in [0.25, 0.3) is 0 Å². The molecule has 1 aromatic rings. The molecule has 0 saturated heterocycles. The number of aliphatic hydroxyl groups excluding tert-OH is 1. The molecule has 84 valence electrons. The van der Waals surface area contributed by atoms with E-state index in [1.54, 1.807) is 12.3 Å². The van der Waals surface area contributed by atoms with E-state index >= 15 is 0 Å². The Balaban J connectivity index is 2.73. The number of rotatable bonds is 4. The lowest BCUT2D eigenvalue weighted by atomic mass is 9.94. The molecule has 0 atom stereocenters. The van der Waals surface area contributed by atoms with Crippen molar-refractivity contribution in [2.75, 3.05) is 30.8 Å². The van der Waals surface area contributed by atoms with Crippen LogP contribution in [0.25, 0.3) is 0 Å². The van der Waals surface area contributed by atoms with Gasteiger partial charge in [-0.3, -0.25) is 0 Å². The first-order valence-electron chi connectivity index (χ1n) is 4.85.